The molecule has 3 aliphatic rings. The molecular weight excluding hydrogens is 261 g/mol. The van der Waals surface area contributed by atoms with E-state index in [1.54, 1.807) is 0 Å². The van der Waals surface area contributed by atoms with Crippen LogP contribution in [0.15, 0.2) is 0 Å². The molecule has 2 bridgehead atoms. The Morgan fingerprint density at radius 2 is 1.94 bits per heavy atom. The Bertz CT molecular complexity index is 419. The van der Waals surface area contributed by atoms with Crippen LogP contribution in [0, 0.1) is 5.92 Å². The third kappa shape index (κ3) is 2.32. The summed E-state index contributed by atoms with van der Waals surface area (Å²) in [7, 11) is 0. The lowest BCUT2D eigenvalue weighted by molar-refractivity contribution is 0.0973. The van der Waals surface area contributed by atoms with Crippen molar-refractivity contribution >= 4 is 29.0 Å². The van der Waals surface area contributed by atoms with Gasteiger partial charge in [0.25, 0.3) is 0 Å². The van der Waals surface area contributed by atoms with Crippen molar-refractivity contribution in [1.29, 1.82) is 0 Å². The molecule has 3 fully saturated rings. The van der Waals surface area contributed by atoms with Crippen LogP contribution in [0.5, 0.6) is 0 Å². The molecule has 4 heterocycles. The molecule has 1 aromatic rings. The molecule has 0 aromatic carbocycles. The van der Waals surface area contributed by atoms with Crippen molar-refractivity contribution in [2.75, 3.05) is 25.0 Å². The molecule has 0 saturated carbocycles. The van der Waals surface area contributed by atoms with Crippen molar-refractivity contribution in [2.45, 2.75) is 18.9 Å². The maximum absolute atomic E-state index is 5.95. The molecular formula is C10H13Cl2N5. The third-order valence-corrected chi connectivity index (χ3v) is 4.01. The van der Waals surface area contributed by atoms with E-state index < -0.39 is 0 Å². The summed E-state index contributed by atoms with van der Waals surface area (Å²) in [5, 5.41) is 11.1. The lowest BCUT2D eigenvalue weighted by atomic mass is 9.84. The van der Waals surface area contributed by atoms with Gasteiger partial charge in [-0.2, -0.15) is 4.98 Å². The Labute approximate surface area is 110 Å². The maximum atomic E-state index is 5.95. The molecule has 17 heavy (non-hydrogen) atoms. The van der Waals surface area contributed by atoms with E-state index in [1.807, 2.05) is 0 Å². The fourth-order valence-corrected chi connectivity index (χ4v) is 2.95. The van der Waals surface area contributed by atoms with Gasteiger partial charge in [-0.25, -0.2) is 0 Å². The van der Waals surface area contributed by atoms with Gasteiger partial charge in [0.05, 0.1) is 0 Å². The normalized spacial score (nSPS) is 31.5. The minimum absolute atomic E-state index is 0.123. The van der Waals surface area contributed by atoms with Crippen molar-refractivity contribution < 1.29 is 0 Å². The SMILES string of the molecule is Clc1nnc(Cl)c(NC2CN3CCC2CC3)n1. The highest BCUT2D eigenvalue weighted by Gasteiger charge is 2.34. The number of anilines is 1. The van der Waals surface area contributed by atoms with Gasteiger partial charge in [0, 0.05) is 12.6 Å². The topological polar surface area (TPSA) is 53.9 Å². The summed E-state index contributed by atoms with van der Waals surface area (Å²) < 4.78 is 0. The second-order valence-corrected chi connectivity index (χ2v) is 5.31. The summed E-state index contributed by atoms with van der Waals surface area (Å²) in [5.41, 5.74) is 0. The Morgan fingerprint density at radius 1 is 1.18 bits per heavy atom. The summed E-state index contributed by atoms with van der Waals surface area (Å²) >= 11 is 11.7. The van der Waals surface area contributed by atoms with Crippen molar-refractivity contribution in [3.8, 4) is 0 Å². The van der Waals surface area contributed by atoms with Gasteiger partial charge in [-0.15, -0.1) is 10.2 Å². The quantitative estimate of drug-likeness (QED) is 0.889. The van der Waals surface area contributed by atoms with Crippen LogP contribution in [0.2, 0.25) is 10.4 Å². The van der Waals surface area contributed by atoms with Crippen molar-refractivity contribution in [3.05, 3.63) is 10.4 Å². The molecule has 1 N–H and O–H groups in total. The predicted octanol–water partition coefficient (Wildman–Crippen LogP) is 1.68. The molecule has 5 nitrogen and oxygen atoms in total. The van der Waals surface area contributed by atoms with E-state index in [2.05, 4.69) is 25.4 Å². The number of piperidine rings is 3. The van der Waals surface area contributed by atoms with Gasteiger partial charge in [-0.1, -0.05) is 11.6 Å². The molecule has 3 aliphatic heterocycles. The van der Waals surface area contributed by atoms with Crippen LogP contribution in [0.4, 0.5) is 5.82 Å². The fraction of sp³-hybridized carbons (Fsp3) is 0.700. The molecule has 7 heteroatoms. The van der Waals surface area contributed by atoms with Crippen LogP contribution < -0.4 is 5.32 Å². The summed E-state index contributed by atoms with van der Waals surface area (Å²) in [4.78, 5) is 6.54. The van der Waals surface area contributed by atoms with E-state index in [9.17, 15) is 0 Å². The number of rotatable bonds is 2. The van der Waals surface area contributed by atoms with Crippen LogP contribution in [-0.4, -0.2) is 45.8 Å². The number of hydrogen-bond donors (Lipinski definition) is 1. The van der Waals surface area contributed by atoms with Gasteiger partial charge in [-0.05, 0) is 43.5 Å². The first-order chi connectivity index (χ1) is 8.22. The average Bonchev–Trinajstić information content (AvgIpc) is 2.35. The molecule has 4 rings (SSSR count). The predicted molar refractivity (Wildman–Crippen MR) is 66.4 cm³/mol. The Morgan fingerprint density at radius 3 is 2.59 bits per heavy atom. The van der Waals surface area contributed by atoms with Crippen molar-refractivity contribution in [2.24, 2.45) is 5.92 Å². The zero-order valence-electron chi connectivity index (χ0n) is 9.24. The van der Waals surface area contributed by atoms with E-state index in [0.717, 1.165) is 6.54 Å². The van der Waals surface area contributed by atoms with E-state index in [4.69, 9.17) is 23.2 Å². The number of halogens is 2. The second-order valence-electron chi connectivity index (χ2n) is 4.61. The van der Waals surface area contributed by atoms with E-state index in [1.165, 1.54) is 25.9 Å². The first-order valence-electron chi connectivity index (χ1n) is 5.77. The largest absolute Gasteiger partial charge is 0.363 e. The van der Waals surface area contributed by atoms with Gasteiger partial charge in [0.1, 0.15) is 0 Å². The lowest BCUT2D eigenvalue weighted by Crippen LogP contribution is -2.53. The van der Waals surface area contributed by atoms with Crippen LogP contribution in [-0.2, 0) is 0 Å². The summed E-state index contributed by atoms with van der Waals surface area (Å²) in [5.74, 6) is 1.25. The Hall–Kier alpha value is -0.650. The summed E-state index contributed by atoms with van der Waals surface area (Å²) in [6, 6.07) is 0.391. The van der Waals surface area contributed by atoms with Gasteiger partial charge in [-0.3, -0.25) is 0 Å². The molecule has 1 atom stereocenters. The highest BCUT2D eigenvalue weighted by molar-refractivity contribution is 6.32. The zero-order chi connectivity index (χ0) is 11.8. The number of nitrogens with one attached hydrogen (secondary N) is 1. The maximum Gasteiger partial charge on any atom is 0.245 e. The number of hydrogen-bond acceptors (Lipinski definition) is 5. The van der Waals surface area contributed by atoms with Crippen LogP contribution in [0.25, 0.3) is 0 Å². The van der Waals surface area contributed by atoms with E-state index in [0.29, 0.717) is 17.8 Å². The van der Waals surface area contributed by atoms with Crippen LogP contribution in [0.1, 0.15) is 12.8 Å². The zero-order valence-corrected chi connectivity index (χ0v) is 10.7. The minimum Gasteiger partial charge on any atom is -0.363 e. The lowest BCUT2D eigenvalue weighted by Gasteiger charge is -2.45. The molecule has 1 unspecified atom stereocenters. The van der Waals surface area contributed by atoms with Crippen LogP contribution in [0.3, 0.4) is 0 Å². The molecule has 0 radical (unpaired) electrons. The molecule has 3 saturated heterocycles. The second kappa shape index (κ2) is 4.55. The number of nitrogens with zero attached hydrogens (tertiary/aromatic N) is 4. The average molecular weight is 274 g/mol. The molecule has 92 valence electrons. The molecule has 0 amide bonds. The molecule has 0 aliphatic carbocycles. The van der Waals surface area contributed by atoms with Gasteiger partial charge >= 0.3 is 0 Å². The first kappa shape index (κ1) is 11.4. The Balaban J connectivity index is 1.76. The highest BCUT2D eigenvalue weighted by Crippen LogP contribution is 2.30. The first-order valence-corrected chi connectivity index (χ1v) is 6.52. The molecule has 0 spiro atoms. The van der Waals surface area contributed by atoms with E-state index >= 15 is 0 Å². The fourth-order valence-electron chi connectivity index (χ4n) is 2.69. The van der Waals surface area contributed by atoms with E-state index in [-0.39, 0.29) is 10.4 Å². The number of aromatic nitrogens is 3. The van der Waals surface area contributed by atoms with Gasteiger partial charge in [0.2, 0.25) is 5.28 Å². The van der Waals surface area contributed by atoms with Crippen LogP contribution >= 0.6 is 23.2 Å². The summed E-state index contributed by atoms with van der Waals surface area (Å²) in [6.07, 6.45) is 2.48. The minimum atomic E-state index is 0.123. The smallest absolute Gasteiger partial charge is 0.245 e. The summed E-state index contributed by atoms with van der Waals surface area (Å²) in [6.45, 7) is 3.46. The van der Waals surface area contributed by atoms with Crippen molar-refractivity contribution in [1.82, 2.24) is 20.1 Å². The van der Waals surface area contributed by atoms with Crippen molar-refractivity contribution in [3.63, 3.8) is 0 Å². The Kier molecular flexibility index (Phi) is 3.06. The third-order valence-electron chi connectivity index (χ3n) is 3.60. The van der Waals surface area contributed by atoms with Gasteiger partial charge < -0.3 is 10.2 Å². The highest BCUT2D eigenvalue weighted by atomic mass is 35.5. The standard InChI is InChI=1S/C10H13Cl2N5/c11-8-9(14-10(12)16-15-8)13-7-5-17-3-1-6(7)2-4-17/h6-7H,1-5H2,(H,13,14,16). The molecule has 1 aromatic heterocycles. The van der Waals surface area contributed by atoms with Gasteiger partial charge in [0.15, 0.2) is 11.0 Å². The monoisotopic (exact) mass is 273 g/mol. The number of fused-ring (bicyclic) bond motifs is 3.